The van der Waals surface area contributed by atoms with Gasteiger partial charge in [0.1, 0.15) is 0 Å². The summed E-state index contributed by atoms with van der Waals surface area (Å²) in [6.45, 7) is 5.22. The third-order valence-electron chi connectivity index (χ3n) is 5.27. The molecule has 1 saturated heterocycles. The molecule has 0 bridgehead atoms. The number of rotatable bonds is 5. The number of carbonyl (C=O) groups excluding carboxylic acids is 1. The number of benzene rings is 1. The fourth-order valence-corrected chi connectivity index (χ4v) is 4.14. The molecule has 2 aromatic rings. The van der Waals surface area contributed by atoms with Crippen LogP contribution in [0.25, 0.3) is 0 Å². The van der Waals surface area contributed by atoms with Gasteiger partial charge in [-0.25, -0.2) is 4.98 Å². The number of anilines is 1. The van der Waals surface area contributed by atoms with Crippen molar-refractivity contribution in [3.8, 4) is 5.88 Å². The standard InChI is InChI=1S/C20H22Cl2N4O2/c1-2-28-17-6-7-23-20(24-17)26-10-8-25(9-11-26)19(27)15-12-14(15)13-4-3-5-16(21)18(13)22/h3-7,14-15H,2,8-12H2,1H3/t14-,15+/m1/s1. The average molecular weight is 421 g/mol. The molecule has 2 atom stereocenters. The summed E-state index contributed by atoms with van der Waals surface area (Å²) in [6, 6.07) is 7.38. The van der Waals surface area contributed by atoms with E-state index in [9.17, 15) is 4.79 Å². The van der Waals surface area contributed by atoms with Gasteiger partial charge in [-0.1, -0.05) is 35.3 Å². The van der Waals surface area contributed by atoms with Crippen LogP contribution in [0.5, 0.6) is 5.88 Å². The van der Waals surface area contributed by atoms with Crippen LogP contribution in [-0.4, -0.2) is 53.6 Å². The number of nitrogens with zero attached hydrogens (tertiary/aromatic N) is 4. The molecule has 1 aromatic carbocycles. The van der Waals surface area contributed by atoms with Gasteiger partial charge in [0.05, 0.1) is 16.7 Å². The highest BCUT2D eigenvalue weighted by Crippen LogP contribution is 2.51. The summed E-state index contributed by atoms with van der Waals surface area (Å²) in [4.78, 5) is 25.7. The minimum absolute atomic E-state index is 0.0000452. The minimum Gasteiger partial charge on any atom is -0.478 e. The molecule has 148 valence electrons. The van der Waals surface area contributed by atoms with E-state index >= 15 is 0 Å². The lowest BCUT2D eigenvalue weighted by atomic mass is 10.1. The molecule has 2 fully saturated rings. The van der Waals surface area contributed by atoms with Gasteiger partial charge in [0.25, 0.3) is 0 Å². The van der Waals surface area contributed by atoms with Crippen LogP contribution in [0.1, 0.15) is 24.8 Å². The van der Waals surface area contributed by atoms with E-state index in [0.29, 0.717) is 54.7 Å². The topological polar surface area (TPSA) is 58.6 Å². The predicted molar refractivity (Wildman–Crippen MR) is 109 cm³/mol. The highest BCUT2D eigenvalue weighted by molar-refractivity contribution is 6.42. The van der Waals surface area contributed by atoms with E-state index in [-0.39, 0.29) is 17.7 Å². The number of hydrogen-bond donors (Lipinski definition) is 0. The number of amides is 1. The van der Waals surface area contributed by atoms with Crippen LogP contribution in [0.2, 0.25) is 10.0 Å². The lowest BCUT2D eigenvalue weighted by molar-refractivity contribution is -0.133. The van der Waals surface area contributed by atoms with E-state index in [2.05, 4.69) is 14.9 Å². The maximum atomic E-state index is 12.9. The first kappa shape index (κ1) is 19.3. The number of ether oxygens (including phenoxy) is 1. The van der Waals surface area contributed by atoms with Crippen LogP contribution in [-0.2, 0) is 4.79 Å². The smallest absolute Gasteiger partial charge is 0.228 e. The summed E-state index contributed by atoms with van der Waals surface area (Å²) in [5, 5.41) is 1.11. The molecule has 0 radical (unpaired) electrons. The number of halogens is 2. The number of piperazine rings is 1. The first-order chi connectivity index (χ1) is 13.6. The SMILES string of the molecule is CCOc1ccnc(N2CCN(C(=O)[C@H]3C[C@@H]3c3cccc(Cl)c3Cl)CC2)n1. The third-order valence-corrected chi connectivity index (χ3v) is 6.11. The van der Waals surface area contributed by atoms with E-state index in [4.69, 9.17) is 27.9 Å². The zero-order valence-electron chi connectivity index (χ0n) is 15.6. The molecule has 2 aliphatic rings. The Morgan fingerprint density at radius 3 is 2.75 bits per heavy atom. The Hall–Kier alpha value is -2.05. The van der Waals surface area contributed by atoms with Crippen molar-refractivity contribution in [2.24, 2.45) is 5.92 Å². The van der Waals surface area contributed by atoms with E-state index in [0.717, 1.165) is 12.0 Å². The molecular formula is C20H22Cl2N4O2. The Morgan fingerprint density at radius 2 is 2.00 bits per heavy atom. The molecule has 0 N–H and O–H groups in total. The molecule has 28 heavy (non-hydrogen) atoms. The molecule has 4 rings (SSSR count). The fourth-order valence-electron chi connectivity index (χ4n) is 3.69. The number of carbonyl (C=O) groups is 1. The van der Waals surface area contributed by atoms with E-state index in [1.807, 2.05) is 24.0 Å². The predicted octanol–water partition coefficient (Wildman–Crippen LogP) is 3.63. The molecule has 0 spiro atoms. The molecule has 0 unspecified atom stereocenters. The third kappa shape index (κ3) is 3.89. The van der Waals surface area contributed by atoms with Gasteiger partial charge in [0, 0.05) is 44.4 Å². The average Bonchev–Trinajstić information content (AvgIpc) is 3.51. The van der Waals surface area contributed by atoms with Crippen molar-refractivity contribution in [2.45, 2.75) is 19.3 Å². The second-order valence-corrected chi connectivity index (χ2v) is 7.82. The zero-order valence-corrected chi connectivity index (χ0v) is 17.2. The van der Waals surface area contributed by atoms with Gasteiger partial charge in [0.2, 0.25) is 17.7 Å². The van der Waals surface area contributed by atoms with Gasteiger partial charge in [-0.3, -0.25) is 4.79 Å². The lowest BCUT2D eigenvalue weighted by Crippen LogP contribution is -2.49. The van der Waals surface area contributed by atoms with Gasteiger partial charge in [0.15, 0.2) is 0 Å². The molecule has 1 aliphatic carbocycles. The first-order valence-corrected chi connectivity index (χ1v) is 10.3. The quantitative estimate of drug-likeness (QED) is 0.738. The van der Waals surface area contributed by atoms with Crippen LogP contribution in [0.4, 0.5) is 5.95 Å². The first-order valence-electron chi connectivity index (χ1n) is 9.52. The van der Waals surface area contributed by atoms with Crippen LogP contribution >= 0.6 is 23.2 Å². The highest BCUT2D eigenvalue weighted by atomic mass is 35.5. The Kier molecular flexibility index (Phi) is 5.60. The van der Waals surface area contributed by atoms with Gasteiger partial charge in [-0.05, 0) is 30.9 Å². The summed E-state index contributed by atoms with van der Waals surface area (Å²) in [5.74, 6) is 1.59. The van der Waals surface area contributed by atoms with Crippen molar-refractivity contribution in [3.05, 3.63) is 46.1 Å². The molecule has 6 nitrogen and oxygen atoms in total. The van der Waals surface area contributed by atoms with Crippen LogP contribution in [0.3, 0.4) is 0 Å². The number of aromatic nitrogens is 2. The van der Waals surface area contributed by atoms with Crippen molar-refractivity contribution < 1.29 is 9.53 Å². The maximum absolute atomic E-state index is 12.9. The van der Waals surface area contributed by atoms with Gasteiger partial charge < -0.3 is 14.5 Å². The molecule has 1 amide bonds. The van der Waals surface area contributed by atoms with Crippen LogP contribution < -0.4 is 9.64 Å². The van der Waals surface area contributed by atoms with E-state index in [1.165, 1.54) is 0 Å². The van der Waals surface area contributed by atoms with Crippen molar-refractivity contribution in [1.29, 1.82) is 0 Å². The molecule has 1 aliphatic heterocycles. The second-order valence-electron chi connectivity index (χ2n) is 7.03. The monoisotopic (exact) mass is 420 g/mol. The summed E-state index contributed by atoms with van der Waals surface area (Å²) < 4.78 is 5.45. The summed E-state index contributed by atoms with van der Waals surface area (Å²) in [6.07, 6.45) is 2.53. The largest absolute Gasteiger partial charge is 0.478 e. The van der Waals surface area contributed by atoms with E-state index in [1.54, 1.807) is 18.3 Å². The van der Waals surface area contributed by atoms with Crippen molar-refractivity contribution in [3.63, 3.8) is 0 Å². The van der Waals surface area contributed by atoms with Crippen molar-refractivity contribution >= 4 is 35.1 Å². The Balaban J connectivity index is 1.35. The van der Waals surface area contributed by atoms with Crippen LogP contribution in [0, 0.1) is 5.92 Å². The lowest BCUT2D eigenvalue weighted by Gasteiger charge is -2.35. The summed E-state index contributed by atoms with van der Waals surface area (Å²) in [5.41, 5.74) is 0.979. The Bertz CT molecular complexity index is 871. The Labute approximate surface area is 174 Å². The van der Waals surface area contributed by atoms with Gasteiger partial charge >= 0.3 is 0 Å². The minimum atomic E-state index is 0.0000452. The molecule has 1 saturated carbocycles. The Morgan fingerprint density at radius 1 is 1.21 bits per heavy atom. The summed E-state index contributed by atoms with van der Waals surface area (Å²) in [7, 11) is 0. The van der Waals surface area contributed by atoms with Crippen molar-refractivity contribution in [1.82, 2.24) is 14.9 Å². The second kappa shape index (κ2) is 8.13. The van der Waals surface area contributed by atoms with Gasteiger partial charge in [-0.15, -0.1) is 0 Å². The molecule has 2 heterocycles. The van der Waals surface area contributed by atoms with Gasteiger partial charge in [-0.2, -0.15) is 4.98 Å². The fraction of sp³-hybridized carbons (Fsp3) is 0.450. The normalized spacial score (nSPS) is 21.5. The summed E-state index contributed by atoms with van der Waals surface area (Å²) >= 11 is 12.4. The maximum Gasteiger partial charge on any atom is 0.228 e. The number of hydrogen-bond acceptors (Lipinski definition) is 5. The molecule has 1 aromatic heterocycles. The zero-order chi connectivity index (χ0) is 19.7. The van der Waals surface area contributed by atoms with Crippen molar-refractivity contribution in [2.75, 3.05) is 37.7 Å². The molecule has 8 heteroatoms. The highest BCUT2D eigenvalue weighted by Gasteiger charge is 2.47. The van der Waals surface area contributed by atoms with E-state index < -0.39 is 0 Å². The molecular weight excluding hydrogens is 399 g/mol. The van der Waals surface area contributed by atoms with Crippen LogP contribution in [0.15, 0.2) is 30.5 Å².